The Balaban J connectivity index is 1.71. The van der Waals surface area contributed by atoms with Gasteiger partial charge < -0.3 is 4.90 Å². The highest BCUT2D eigenvalue weighted by atomic mass is 35.5. The molecule has 0 amide bonds. The van der Waals surface area contributed by atoms with E-state index in [-0.39, 0.29) is 5.69 Å². The summed E-state index contributed by atoms with van der Waals surface area (Å²) in [5, 5.41) is 17.3. The van der Waals surface area contributed by atoms with Crippen molar-refractivity contribution in [3.8, 4) is 6.07 Å². The molecule has 1 fully saturated rings. The van der Waals surface area contributed by atoms with Crippen LogP contribution >= 0.6 is 11.6 Å². The molecule has 0 radical (unpaired) electrons. The summed E-state index contributed by atoms with van der Waals surface area (Å²) in [5.74, 6) is 0.808. The van der Waals surface area contributed by atoms with Gasteiger partial charge in [0.25, 0.3) is 0 Å². The molecule has 0 aliphatic carbocycles. The van der Waals surface area contributed by atoms with Gasteiger partial charge in [-0.05, 0) is 25.0 Å². The van der Waals surface area contributed by atoms with Gasteiger partial charge in [0.15, 0.2) is 5.69 Å². The molecule has 0 atom stereocenters. The van der Waals surface area contributed by atoms with Gasteiger partial charge in [-0.15, -0.1) is 5.10 Å². The molecule has 2 aromatic heterocycles. The highest BCUT2D eigenvalue weighted by Crippen LogP contribution is 2.26. The largest absolute Gasteiger partial charge is 0.356 e. The second kappa shape index (κ2) is 5.47. The number of anilines is 1. The molecule has 0 saturated carbocycles. The first-order valence-electron chi connectivity index (χ1n) is 6.45. The molecule has 102 valence electrons. The molecule has 20 heavy (non-hydrogen) atoms. The number of nitrogens with zero attached hydrogens (tertiary/aromatic N) is 6. The van der Waals surface area contributed by atoms with Crippen molar-refractivity contribution in [1.82, 2.24) is 20.0 Å². The van der Waals surface area contributed by atoms with E-state index in [0.29, 0.717) is 11.1 Å². The van der Waals surface area contributed by atoms with Gasteiger partial charge in [-0.1, -0.05) is 16.8 Å². The third kappa shape index (κ3) is 2.45. The van der Waals surface area contributed by atoms with E-state index in [1.54, 1.807) is 12.3 Å². The number of piperidine rings is 1. The van der Waals surface area contributed by atoms with Crippen LogP contribution in [0.3, 0.4) is 0 Å². The molecule has 2 aromatic rings. The molecule has 1 aliphatic rings. The minimum absolute atomic E-state index is 0.280. The lowest BCUT2D eigenvalue weighted by molar-refractivity contribution is 0.359. The maximum atomic E-state index is 8.97. The SMILES string of the molecule is N#Cc1nc(N2CCC(n3ccnn3)CC2)ccc1Cl. The van der Waals surface area contributed by atoms with Crippen molar-refractivity contribution in [2.24, 2.45) is 0 Å². The first-order chi connectivity index (χ1) is 9.78. The predicted molar refractivity (Wildman–Crippen MR) is 74.5 cm³/mol. The lowest BCUT2D eigenvalue weighted by Gasteiger charge is -2.32. The van der Waals surface area contributed by atoms with Crippen LogP contribution in [0.25, 0.3) is 0 Å². The molecule has 6 nitrogen and oxygen atoms in total. The van der Waals surface area contributed by atoms with E-state index in [4.69, 9.17) is 16.9 Å². The number of nitriles is 1. The molecular formula is C13H13ClN6. The molecule has 3 rings (SSSR count). The van der Waals surface area contributed by atoms with Crippen LogP contribution in [0.15, 0.2) is 24.5 Å². The zero-order valence-electron chi connectivity index (χ0n) is 10.8. The number of rotatable bonds is 2. The van der Waals surface area contributed by atoms with Crippen molar-refractivity contribution in [3.05, 3.63) is 35.2 Å². The third-order valence-electron chi connectivity index (χ3n) is 3.54. The Morgan fingerprint density at radius 3 is 2.75 bits per heavy atom. The van der Waals surface area contributed by atoms with E-state index in [2.05, 4.69) is 20.2 Å². The minimum atomic E-state index is 0.280. The van der Waals surface area contributed by atoms with Gasteiger partial charge in [0, 0.05) is 19.3 Å². The summed E-state index contributed by atoms with van der Waals surface area (Å²) in [6.45, 7) is 1.76. The average molecular weight is 289 g/mol. The summed E-state index contributed by atoms with van der Waals surface area (Å²) in [6.07, 6.45) is 5.56. The quantitative estimate of drug-likeness (QED) is 0.846. The predicted octanol–water partition coefficient (Wildman–Crippen LogP) is 2.04. The molecule has 0 spiro atoms. The summed E-state index contributed by atoms with van der Waals surface area (Å²) < 4.78 is 1.91. The van der Waals surface area contributed by atoms with E-state index >= 15 is 0 Å². The summed E-state index contributed by atoms with van der Waals surface area (Å²) in [4.78, 5) is 6.47. The van der Waals surface area contributed by atoms with E-state index in [1.165, 1.54) is 0 Å². The van der Waals surface area contributed by atoms with Crippen molar-refractivity contribution < 1.29 is 0 Å². The van der Waals surface area contributed by atoms with Crippen LogP contribution in [0.4, 0.5) is 5.82 Å². The molecule has 3 heterocycles. The van der Waals surface area contributed by atoms with Gasteiger partial charge in [0.05, 0.1) is 17.3 Å². The van der Waals surface area contributed by atoms with Crippen molar-refractivity contribution in [3.63, 3.8) is 0 Å². The van der Waals surface area contributed by atoms with Crippen LogP contribution in [0, 0.1) is 11.3 Å². The fourth-order valence-corrected chi connectivity index (χ4v) is 2.61. The Morgan fingerprint density at radius 1 is 1.30 bits per heavy atom. The Morgan fingerprint density at radius 2 is 2.10 bits per heavy atom. The molecule has 7 heteroatoms. The number of hydrogen-bond acceptors (Lipinski definition) is 5. The van der Waals surface area contributed by atoms with Crippen molar-refractivity contribution in [1.29, 1.82) is 5.26 Å². The Hall–Kier alpha value is -2.13. The summed E-state index contributed by atoms with van der Waals surface area (Å²) >= 11 is 5.90. The Kier molecular flexibility index (Phi) is 3.52. The zero-order valence-corrected chi connectivity index (χ0v) is 11.5. The van der Waals surface area contributed by atoms with Gasteiger partial charge in [-0.2, -0.15) is 5.26 Å². The van der Waals surface area contributed by atoms with Crippen LogP contribution in [0.1, 0.15) is 24.6 Å². The lowest BCUT2D eigenvalue weighted by atomic mass is 10.1. The van der Waals surface area contributed by atoms with Crippen molar-refractivity contribution in [2.75, 3.05) is 18.0 Å². The highest BCUT2D eigenvalue weighted by molar-refractivity contribution is 6.31. The fraction of sp³-hybridized carbons (Fsp3) is 0.385. The van der Waals surface area contributed by atoms with Gasteiger partial charge >= 0.3 is 0 Å². The first kappa shape index (κ1) is 12.9. The Bertz CT molecular complexity index is 625. The normalized spacial score (nSPS) is 16.1. The third-order valence-corrected chi connectivity index (χ3v) is 3.85. The molecule has 0 aromatic carbocycles. The maximum Gasteiger partial charge on any atom is 0.161 e. The molecule has 0 unspecified atom stereocenters. The smallest absolute Gasteiger partial charge is 0.161 e. The average Bonchev–Trinajstić information content (AvgIpc) is 3.02. The summed E-state index contributed by atoms with van der Waals surface area (Å²) in [6, 6.07) is 5.99. The van der Waals surface area contributed by atoms with Crippen LogP contribution < -0.4 is 4.90 Å². The molecular weight excluding hydrogens is 276 g/mol. The van der Waals surface area contributed by atoms with Gasteiger partial charge in [-0.25, -0.2) is 9.67 Å². The van der Waals surface area contributed by atoms with Gasteiger partial charge in [0.1, 0.15) is 11.9 Å². The van der Waals surface area contributed by atoms with E-state index in [9.17, 15) is 0 Å². The summed E-state index contributed by atoms with van der Waals surface area (Å²) in [7, 11) is 0. The summed E-state index contributed by atoms with van der Waals surface area (Å²) in [5.41, 5.74) is 0.280. The van der Waals surface area contributed by atoms with Gasteiger partial charge in [0.2, 0.25) is 0 Å². The maximum absolute atomic E-state index is 8.97. The monoisotopic (exact) mass is 288 g/mol. The number of hydrogen-bond donors (Lipinski definition) is 0. The highest BCUT2D eigenvalue weighted by Gasteiger charge is 2.22. The topological polar surface area (TPSA) is 70.6 Å². The molecule has 1 aliphatic heterocycles. The standard InChI is InChI=1S/C13H13ClN6/c14-11-1-2-13(17-12(11)9-15)19-6-3-10(4-7-19)20-8-5-16-18-20/h1-2,5,8,10H,3-4,6-7H2. The molecule has 0 N–H and O–H groups in total. The van der Waals surface area contributed by atoms with Crippen LogP contribution in [0.5, 0.6) is 0 Å². The fourth-order valence-electron chi connectivity index (χ4n) is 2.46. The first-order valence-corrected chi connectivity index (χ1v) is 6.83. The van der Waals surface area contributed by atoms with Crippen molar-refractivity contribution >= 4 is 17.4 Å². The lowest BCUT2D eigenvalue weighted by Crippen LogP contribution is -2.35. The molecule has 0 bridgehead atoms. The van der Waals surface area contributed by atoms with Crippen molar-refractivity contribution in [2.45, 2.75) is 18.9 Å². The van der Waals surface area contributed by atoms with Crippen LogP contribution in [0.2, 0.25) is 5.02 Å². The van der Waals surface area contributed by atoms with Crippen LogP contribution in [-0.2, 0) is 0 Å². The number of pyridine rings is 1. The number of halogens is 1. The van der Waals surface area contributed by atoms with E-state index < -0.39 is 0 Å². The number of aromatic nitrogens is 4. The minimum Gasteiger partial charge on any atom is -0.356 e. The second-order valence-corrected chi connectivity index (χ2v) is 5.12. The molecule has 1 saturated heterocycles. The Labute approximate surface area is 121 Å². The van der Waals surface area contributed by atoms with E-state index in [1.807, 2.05) is 23.0 Å². The van der Waals surface area contributed by atoms with Crippen LogP contribution in [-0.4, -0.2) is 33.1 Å². The van der Waals surface area contributed by atoms with Gasteiger partial charge in [-0.3, -0.25) is 0 Å². The second-order valence-electron chi connectivity index (χ2n) is 4.71. The zero-order chi connectivity index (χ0) is 13.9. The van der Waals surface area contributed by atoms with E-state index in [0.717, 1.165) is 31.7 Å².